The topological polar surface area (TPSA) is 49.4 Å². The molecule has 1 aliphatic rings. The van der Waals surface area contributed by atoms with Crippen LogP contribution in [0.3, 0.4) is 0 Å². The lowest BCUT2D eigenvalue weighted by Gasteiger charge is -2.31. The van der Waals surface area contributed by atoms with Gasteiger partial charge in [0.1, 0.15) is 5.82 Å². The molecular weight excluding hydrogens is 391 g/mol. The van der Waals surface area contributed by atoms with Gasteiger partial charge in [-0.3, -0.25) is 9.59 Å². The molecule has 4 nitrogen and oxygen atoms in total. The number of hydrogen-bond donors (Lipinski definition) is 1. The molecule has 166 valence electrons. The third-order valence-electron chi connectivity index (χ3n) is 6.14. The molecule has 2 amide bonds. The summed E-state index contributed by atoms with van der Waals surface area (Å²) in [6.45, 7) is 6.01. The second-order valence-corrected chi connectivity index (χ2v) is 8.68. The monoisotopic (exact) mass is 424 g/mol. The number of nitrogens with one attached hydrogen (secondary N) is 1. The van der Waals surface area contributed by atoms with Crippen molar-refractivity contribution in [1.82, 2.24) is 10.2 Å². The first-order valence-corrected chi connectivity index (χ1v) is 11.3. The first-order valence-electron chi connectivity index (χ1n) is 11.3. The Hall–Kier alpha value is -2.69. The maximum atomic E-state index is 13.7. The molecule has 0 aromatic heterocycles. The van der Waals surface area contributed by atoms with Crippen molar-refractivity contribution >= 4 is 11.8 Å². The van der Waals surface area contributed by atoms with Crippen LogP contribution >= 0.6 is 0 Å². The van der Waals surface area contributed by atoms with E-state index in [-0.39, 0.29) is 23.5 Å². The predicted molar refractivity (Wildman–Crippen MR) is 121 cm³/mol. The second kappa shape index (κ2) is 11.1. The average Bonchev–Trinajstić information content (AvgIpc) is 2.79. The Kier molecular flexibility index (Phi) is 8.21. The lowest BCUT2D eigenvalue weighted by molar-refractivity contribution is -0.135. The Morgan fingerprint density at radius 1 is 1.03 bits per heavy atom. The fraction of sp³-hybridized carbons (Fsp3) is 0.462. The summed E-state index contributed by atoms with van der Waals surface area (Å²) in [6.07, 6.45) is 3.09. The van der Waals surface area contributed by atoms with Gasteiger partial charge in [-0.2, -0.15) is 0 Å². The van der Waals surface area contributed by atoms with Gasteiger partial charge in [0.15, 0.2) is 0 Å². The SMILES string of the molecule is CC(C)c1ccc(CCC(=O)N2CCC(C(=O)NCCc3ccccc3F)CC2)cc1. The summed E-state index contributed by atoms with van der Waals surface area (Å²) >= 11 is 0. The van der Waals surface area contributed by atoms with E-state index >= 15 is 0 Å². The normalized spacial score (nSPS) is 14.6. The quantitative estimate of drug-likeness (QED) is 0.679. The second-order valence-electron chi connectivity index (χ2n) is 8.68. The van der Waals surface area contributed by atoms with Crippen LogP contribution in [0.25, 0.3) is 0 Å². The van der Waals surface area contributed by atoms with Gasteiger partial charge >= 0.3 is 0 Å². The number of piperidine rings is 1. The van der Waals surface area contributed by atoms with Crippen molar-refractivity contribution in [2.75, 3.05) is 19.6 Å². The summed E-state index contributed by atoms with van der Waals surface area (Å²) in [7, 11) is 0. The predicted octanol–water partition coefficient (Wildman–Crippen LogP) is 4.48. The molecule has 1 fully saturated rings. The lowest BCUT2D eigenvalue weighted by Crippen LogP contribution is -2.43. The van der Waals surface area contributed by atoms with E-state index in [4.69, 9.17) is 0 Å². The van der Waals surface area contributed by atoms with E-state index in [1.807, 2.05) is 4.90 Å². The van der Waals surface area contributed by atoms with Crippen LogP contribution in [0.4, 0.5) is 4.39 Å². The number of carbonyl (C=O) groups is 2. The van der Waals surface area contributed by atoms with Crippen LogP contribution in [0.2, 0.25) is 0 Å². The van der Waals surface area contributed by atoms with Crippen molar-refractivity contribution < 1.29 is 14.0 Å². The number of rotatable bonds is 8. The highest BCUT2D eigenvalue weighted by molar-refractivity contribution is 5.80. The van der Waals surface area contributed by atoms with Crippen LogP contribution < -0.4 is 5.32 Å². The zero-order valence-electron chi connectivity index (χ0n) is 18.6. The molecule has 2 aromatic carbocycles. The molecule has 5 heteroatoms. The van der Waals surface area contributed by atoms with Crippen LogP contribution in [0.15, 0.2) is 48.5 Å². The molecule has 0 spiro atoms. The number of hydrogen-bond acceptors (Lipinski definition) is 2. The van der Waals surface area contributed by atoms with Gasteiger partial charge < -0.3 is 10.2 Å². The maximum absolute atomic E-state index is 13.7. The molecular formula is C26H33FN2O2. The molecule has 1 N–H and O–H groups in total. The first kappa shape index (κ1) is 23.0. The fourth-order valence-corrected chi connectivity index (χ4v) is 4.04. The fourth-order valence-electron chi connectivity index (χ4n) is 4.04. The molecule has 0 bridgehead atoms. The van der Waals surface area contributed by atoms with Crippen molar-refractivity contribution in [1.29, 1.82) is 0 Å². The van der Waals surface area contributed by atoms with Crippen LogP contribution in [0, 0.1) is 11.7 Å². The van der Waals surface area contributed by atoms with E-state index in [1.54, 1.807) is 18.2 Å². The summed E-state index contributed by atoms with van der Waals surface area (Å²) in [5.74, 6) is 0.362. The van der Waals surface area contributed by atoms with Crippen molar-refractivity contribution in [3.63, 3.8) is 0 Å². The van der Waals surface area contributed by atoms with E-state index < -0.39 is 0 Å². The Morgan fingerprint density at radius 2 is 1.71 bits per heavy atom. The summed E-state index contributed by atoms with van der Waals surface area (Å²) in [6, 6.07) is 15.1. The smallest absolute Gasteiger partial charge is 0.223 e. The van der Waals surface area contributed by atoms with Gasteiger partial charge in [-0.05, 0) is 54.4 Å². The Labute approximate surface area is 184 Å². The van der Waals surface area contributed by atoms with E-state index in [2.05, 4.69) is 43.4 Å². The first-order chi connectivity index (χ1) is 14.9. The summed E-state index contributed by atoms with van der Waals surface area (Å²) in [4.78, 5) is 26.9. The Bertz CT molecular complexity index is 871. The van der Waals surface area contributed by atoms with Crippen LogP contribution in [-0.2, 0) is 22.4 Å². The minimum atomic E-state index is -0.237. The summed E-state index contributed by atoms with van der Waals surface area (Å²) in [5.41, 5.74) is 3.10. The summed E-state index contributed by atoms with van der Waals surface area (Å²) in [5, 5.41) is 2.92. The van der Waals surface area contributed by atoms with Crippen LogP contribution in [-0.4, -0.2) is 36.3 Å². The molecule has 0 saturated carbocycles. The number of aryl methyl sites for hydroxylation is 1. The highest BCUT2D eigenvalue weighted by Crippen LogP contribution is 2.19. The van der Waals surface area contributed by atoms with Crippen molar-refractivity contribution in [2.45, 2.75) is 51.9 Å². The number of nitrogens with zero attached hydrogens (tertiary/aromatic N) is 1. The average molecular weight is 425 g/mol. The van der Waals surface area contributed by atoms with Crippen molar-refractivity contribution in [2.24, 2.45) is 5.92 Å². The number of halogens is 1. The number of amides is 2. The van der Waals surface area contributed by atoms with Gasteiger partial charge in [0.2, 0.25) is 11.8 Å². The molecule has 2 aromatic rings. The lowest BCUT2D eigenvalue weighted by atomic mass is 9.95. The van der Waals surface area contributed by atoms with E-state index in [0.29, 0.717) is 56.8 Å². The molecule has 0 aliphatic carbocycles. The minimum absolute atomic E-state index is 0.00804. The van der Waals surface area contributed by atoms with Gasteiger partial charge in [0.05, 0.1) is 0 Å². The molecule has 0 unspecified atom stereocenters. The maximum Gasteiger partial charge on any atom is 0.223 e. The Morgan fingerprint density at radius 3 is 2.35 bits per heavy atom. The number of benzene rings is 2. The minimum Gasteiger partial charge on any atom is -0.356 e. The van der Waals surface area contributed by atoms with E-state index in [0.717, 1.165) is 6.42 Å². The van der Waals surface area contributed by atoms with Crippen molar-refractivity contribution in [3.05, 3.63) is 71.0 Å². The van der Waals surface area contributed by atoms with Gasteiger partial charge in [-0.1, -0.05) is 56.3 Å². The van der Waals surface area contributed by atoms with Gasteiger partial charge in [-0.25, -0.2) is 4.39 Å². The third kappa shape index (κ3) is 6.65. The van der Waals surface area contributed by atoms with Gasteiger partial charge in [0.25, 0.3) is 0 Å². The largest absolute Gasteiger partial charge is 0.356 e. The highest BCUT2D eigenvalue weighted by Gasteiger charge is 2.26. The standard InChI is InChI=1S/C26H33FN2O2/c1-19(2)21-10-7-20(8-11-21)9-12-25(30)29-17-14-23(15-18-29)26(31)28-16-13-22-5-3-4-6-24(22)27/h3-8,10-11,19,23H,9,12-18H2,1-2H3,(H,28,31). The molecule has 0 atom stereocenters. The van der Waals surface area contributed by atoms with Gasteiger partial charge in [-0.15, -0.1) is 0 Å². The third-order valence-corrected chi connectivity index (χ3v) is 6.14. The zero-order valence-corrected chi connectivity index (χ0v) is 18.6. The zero-order chi connectivity index (χ0) is 22.2. The summed E-state index contributed by atoms with van der Waals surface area (Å²) < 4.78 is 13.7. The molecule has 31 heavy (non-hydrogen) atoms. The highest BCUT2D eigenvalue weighted by atomic mass is 19.1. The van der Waals surface area contributed by atoms with Crippen LogP contribution in [0.5, 0.6) is 0 Å². The Balaban J connectivity index is 1.36. The molecule has 0 radical (unpaired) electrons. The van der Waals surface area contributed by atoms with Crippen molar-refractivity contribution in [3.8, 4) is 0 Å². The van der Waals surface area contributed by atoms with Gasteiger partial charge in [0, 0.05) is 32.0 Å². The van der Waals surface area contributed by atoms with E-state index in [1.165, 1.54) is 17.2 Å². The molecule has 1 heterocycles. The number of carbonyl (C=O) groups excluding carboxylic acids is 2. The number of likely N-dealkylation sites (tertiary alicyclic amines) is 1. The van der Waals surface area contributed by atoms with Crippen LogP contribution in [0.1, 0.15) is 55.7 Å². The molecule has 3 rings (SSSR count). The molecule has 1 aliphatic heterocycles. The molecule has 1 saturated heterocycles. The van der Waals surface area contributed by atoms with E-state index in [9.17, 15) is 14.0 Å².